The van der Waals surface area contributed by atoms with Gasteiger partial charge in [-0.05, 0) is 23.8 Å². The smallest absolute Gasteiger partial charge is 0.256 e. The molecule has 1 saturated heterocycles. The van der Waals surface area contributed by atoms with E-state index >= 15 is 0 Å². The van der Waals surface area contributed by atoms with E-state index in [1.165, 1.54) is 23.1 Å². The maximum atomic E-state index is 14.6. The van der Waals surface area contributed by atoms with Crippen LogP contribution in [0.4, 0.5) is 4.39 Å². The van der Waals surface area contributed by atoms with E-state index in [0.717, 1.165) is 0 Å². The Labute approximate surface area is 223 Å². The van der Waals surface area contributed by atoms with Gasteiger partial charge in [0.1, 0.15) is 5.82 Å². The van der Waals surface area contributed by atoms with Gasteiger partial charge in [-0.15, -0.1) is 0 Å². The van der Waals surface area contributed by atoms with E-state index in [1.54, 1.807) is 29.2 Å². The van der Waals surface area contributed by atoms with Crippen LogP contribution in [0.1, 0.15) is 31.8 Å². The molecule has 0 spiro atoms. The molecular formula is C26H34BFN6O4. The summed E-state index contributed by atoms with van der Waals surface area (Å²) in [4.78, 5) is 40.4. The Morgan fingerprint density at radius 1 is 0.974 bits per heavy atom. The molecule has 1 aliphatic rings. The minimum atomic E-state index is -0.655. The van der Waals surface area contributed by atoms with Crippen molar-refractivity contribution in [3.8, 4) is 0 Å². The van der Waals surface area contributed by atoms with Crippen molar-refractivity contribution >= 4 is 31.8 Å². The van der Waals surface area contributed by atoms with E-state index in [2.05, 4.69) is 5.32 Å². The van der Waals surface area contributed by atoms with E-state index in [1.807, 2.05) is 0 Å². The van der Waals surface area contributed by atoms with Crippen LogP contribution >= 0.6 is 0 Å². The first kappa shape index (κ1) is 30.6. The van der Waals surface area contributed by atoms with E-state index < -0.39 is 17.6 Å². The minimum Gasteiger partial charge on any atom is -0.379 e. The molecule has 6 N–H and O–H groups in total. The maximum absolute atomic E-state index is 14.6. The van der Waals surface area contributed by atoms with Gasteiger partial charge in [0.05, 0.1) is 25.3 Å². The third-order valence-corrected chi connectivity index (χ3v) is 6.04. The molecule has 38 heavy (non-hydrogen) atoms. The normalized spacial score (nSPS) is 13.1. The van der Waals surface area contributed by atoms with Crippen LogP contribution in [-0.4, -0.2) is 101 Å². The molecule has 3 amide bonds. The first-order valence-electron chi connectivity index (χ1n) is 12.1. The molecule has 202 valence electrons. The number of carbonyl (C=O) groups is 3. The predicted octanol–water partition coefficient (Wildman–Crippen LogP) is -0.264. The average Bonchev–Trinajstić information content (AvgIpc) is 2.91. The Kier molecular flexibility index (Phi) is 12.1. The fraction of sp³-hybridized carbons (Fsp3) is 0.385. The van der Waals surface area contributed by atoms with Gasteiger partial charge in [-0.2, -0.15) is 0 Å². The standard InChI is InChI=1S/C26H33FN6O4.BH/c27-22-6-5-18(16-23(29)19-3-1-2-4-20(19)25(30)35)15-21(22)26(36)33-11-9-32(10-12-33)24(34)17-31-8-14-37-13-7-28;/h1-6,15,29,31H,7-14,16-17,28H2,(H2,30,35);1H. The second-order valence-corrected chi connectivity index (χ2v) is 8.63. The number of hydrogen-bond donors (Lipinski definition) is 4. The third-order valence-electron chi connectivity index (χ3n) is 6.04. The quantitative estimate of drug-likeness (QED) is 0.170. The van der Waals surface area contributed by atoms with Gasteiger partial charge >= 0.3 is 0 Å². The molecular weight excluding hydrogens is 490 g/mol. The number of piperazine rings is 1. The van der Waals surface area contributed by atoms with E-state index in [4.69, 9.17) is 21.6 Å². The zero-order chi connectivity index (χ0) is 26.8. The molecule has 1 heterocycles. The highest BCUT2D eigenvalue weighted by Gasteiger charge is 2.26. The molecule has 2 radical (unpaired) electrons. The van der Waals surface area contributed by atoms with Crippen LogP contribution in [0.3, 0.4) is 0 Å². The summed E-state index contributed by atoms with van der Waals surface area (Å²) < 4.78 is 19.9. The van der Waals surface area contributed by atoms with Crippen molar-refractivity contribution < 1.29 is 23.5 Å². The molecule has 3 rings (SSSR count). The van der Waals surface area contributed by atoms with Crippen LogP contribution in [0, 0.1) is 11.2 Å². The summed E-state index contributed by atoms with van der Waals surface area (Å²) in [6, 6.07) is 10.7. The lowest BCUT2D eigenvalue weighted by molar-refractivity contribution is -0.131. The molecule has 0 atom stereocenters. The Morgan fingerprint density at radius 2 is 1.63 bits per heavy atom. The van der Waals surface area contributed by atoms with Gasteiger partial charge in [-0.3, -0.25) is 14.4 Å². The van der Waals surface area contributed by atoms with Crippen molar-refractivity contribution in [2.45, 2.75) is 6.42 Å². The molecule has 0 unspecified atom stereocenters. The summed E-state index contributed by atoms with van der Waals surface area (Å²) in [6.45, 7) is 3.37. The summed E-state index contributed by atoms with van der Waals surface area (Å²) in [7, 11) is 0. The monoisotopic (exact) mass is 524 g/mol. The molecule has 2 aromatic carbocycles. The maximum Gasteiger partial charge on any atom is 0.256 e. The molecule has 1 fully saturated rings. The summed E-state index contributed by atoms with van der Waals surface area (Å²) in [5.41, 5.74) is 12.0. The molecule has 1 aliphatic heterocycles. The summed E-state index contributed by atoms with van der Waals surface area (Å²) in [5.74, 6) is -1.84. The van der Waals surface area contributed by atoms with Gasteiger partial charge in [-0.25, -0.2) is 4.39 Å². The van der Waals surface area contributed by atoms with Gasteiger partial charge in [0.25, 0.3) is 5.91 Å². The number of benzene rings is 2. The first-order chi connectivity index (χ1) is 17.8. The zero-order valence-corrected chi connectivity index (χ0v) is 21.4. The highest BCUT2D eigenvalue weighted by molar-refractivity contribution is 6.09. The number of primary amides is 1. The van der Waals surface area contributed by atoms with Gasteiger partial charge < -0.3 is 36.7 Å². The lowest BCUT2D eigenvalue weighted by Crippen LogP contribution is -2.52. The summed E-state index contributed by atoms with van der Waals surface area (Å²) in [6.07, 6.45) is 0.0946. The number of carbonyl (C=O) groups excluding carboxylic acids is 3. The molecule has 10 nitrogen and oxygen atoms in total. The van der Waals surface area contributed by atoms with Crippen molar-refractivity contribution in [1.82, 2.24) is 15.1 Å². The lowest BCUT2D eigenvalue weighted by atomic mass is 9.96. The average molecular weight is 524 g/mol. The molecule has 0 aromatic heterocycles. The number of nitrogens with one attached hydrogen (secondary N) is 2. The van der Waals surface area contributed by atoms with E-state index in [-0.39, 0.29) is 57.2 Å². The molecule has 0 saturated carbocycles. The number of ether oxygens (including phenoxy) is 1. The molecule has 2 aromatic rings. The van der Waals surface area contributed by atoms with Gasteiger partial charge in [0.2, 0.25) is 11.8 Å². The number of rotatable bonds is 12. The lowest BCUT2D eigenvalue weighted by Gasteiger charge is -2.35. The van der Waals surface area contributed by atoms with Crippen molar-refractivity contribution in [2.75, 3.05) is 59.0 Å². The number of amides is 3. The van der Waals surface area contributed by atoms with Crippen LogP contribution in [0.15, 0.2) is 42.5 Å². The number of nitrogens with two attached hydrogens (primary N) is 2. The number of nitrogens with zero attached hydrogens (tertiary/aromatic N) is 2. The van der Waals surface area contributed by atoms with Gasteiger partial charge in [0.15, 0.2) is 0 Å². The number of hydrogen-bond acceptors (Lipinski definition) is 7. The Hall–Kier alpha value is -3.61. The van der Waals surface area contributed by atoms with Crippen molar-refractivity contribution in [2.24, 2.45) is 11.5 Å². The Bertz CT molecular complexity index is 1140. The fourth-order valence-corrected chi connectivity index (χ4v) is 4.07. The van der Waals surface area contributed by atoms with Crippen LogP contribution in [0.5, 0.6) is 0 Å². The molecule has 12 heteroatoms. The van der Waals surface area contributed by atoms with E-state index in [9.17, 15) is 18.8 Å². The predicted molar refractivity (Wildman–Crippen MR) is 144 cm³/mol. The zero-order valence-electron chi connectivity index (χ0n) is 21.4. The van der Waals surface area contributed by atoms with Gasteiger partial charge in [0, 0.05) is 70.9 Å². The second-order valence-electron chi connectivity index (χ2n) is 8.63. The van der Waals surface area contributed by atoms with Crippen LogP contribution in [-0.2, 0) is 16.0 Å². The number of halogens is 1. The molecule has 0 aliphatic carbocycles. The topological polar surface area (TPSA) is 155 Å². The largest absolute Gasteiger partial charge is 0.379 e. The van der Waals surface area contributed by atoms with E-state index in [0.29, 0.717) is 50.5 Å². The second kappa shape index (κ2) is 15.0. The molecule has 0 bridgehead atoms. The SMILES string of the molecule is N=C(Cc1ccc(F)c(C(=O)N2CCN(C(=O)CNCCOCCN)CC2)c1)c1ccccc1C(N)=O.[BH]. The summed E-state index contributed by atoms with van der Waals surface area (Å²) >= 11 is 0. The van der Waals surface area contributed by atoms with Crippen molar-refractivity contribution in [3.63, 3.8) is 0 Å². The summed E-state index contributed by atoms with van der Waals surface area (Å²) in [5, 5.41) is 11.5. The highest BCUT2D eigenvalue weighted by Crippen LogP contribution is 2.18. The Morgan fingerprint density at radius 3 is 2.29 bits per heavy atom. The van der Waals surface area contributed by atoms with Gasteiger partial charge in [-0.1, -0.05) is 24.3 Å². The van der Waals surface area contributed by atoms with Crippen LogP contribution in [0.25, 0.3) is 0 Å². The first-order valence-corrected chi connectivity index (χ1v) is 12.1. The van der Waals surface area contributed by atoms with Crippen LogP contribution in [0.2, 0.25) is 0 Å². The third kappa shape index (κ3) is 8.20. The van der Waals surface area contributed by atoms with Crippen LogP contribution < -0.4 is 16.8 Å². The van der Waals surface area contributed by atoms with Crippen molar-refractivity contribution in [3.05, 3.63) is 70.5 Å². The highest BCUT2D eigenvalue weighted by atomic mass is 19.1. The minimum absolute atomic E-state index is 0. The van der Waals surface area contributed by atoms with Crippen molar-refractivity contribution in [1.29, 1.82) is 5.41 Å². The Balaban J connectivity index is 0.00000507. The fourth-order valence-electron chi connectivity index (χ4n) is 4.07.